The average Bonchev–Trinajstić information content (AvgIpc) is 3.27. The normalized spacial score (nSPS) is 16.1. The second-order valence-electron chi connectivity index (χ2n) is 7.80. The number of hydrogen-bond acceptors (Lipinski definition) is 7. The van der Waals surface area contributed by atoms with Gasteiger partial charge in [-0.15, -0.1) is 0 Å². The minimum atomic E-state index is -3.61. The van der Waals surface area contributed by atoms with Crippen LogP contribution in [0.4, 0.5) is 5.69 Å². The number of halogens is 2. The molecule has 0 spiro atoms. The average molecular weight is 524 g/mol. The van der Waals surface area contributed by atoms with Crippen molar-refractivity contribution in [2.75, 3.05) is 24.5 Å². The first-order valence-corrected chi connectivity index (χ1v) is 12.9. The summed E-state index contributed by atoms with van der Waals surface area (Å²) in [5.74, 6) is 0.414. The van der Waals surface area contributed by atoms with Gasteiger partial charge in [0.1, 0.15) is 11.1 Å². The van der Waals surface area contributed by atoms with Crippen molar-refractivity contribution in [1.29, 1.82) is 0 Å². The molecule has 12 heteroatoms. The van der Waals surface area contributed by atoms with Crippen molar-refractivity contribution in [2.45, 2.75) is 30.8 Å². The van der Waals surface area contributed by atoms with E-state index in [9.17, 15) is 13.2 Å². The smallest absolute Gasteiger partial charge is 0.285 e. The van der Waals surface area contributed by atoms with Crippen LogP contribution >= 0.6 is 23.2 Å². The molecule has 2 aromatic heterocycles. The molecule has 0 radical (unpaired) electrons. The predicted octanol–water partition coefficient (Wildman–Crippen LogP) is 3.48. The van der Waals surface area contributed by atoms with E-state index in [2.05, 4.69) is 19.9 Å². The zero-order valence-electron chi connectivity index (χ0n) is 18.3. The second kappa shape index (κ2) is 10.3. The van der Waals surface area contributed by atoms with Crippen LogP contribution in [0.3, 0.4) is 0 Å². The van der Waals surface area contributed by atoms with Gasteiger partial charge in [0.15, 0.2) is 0 Å². The summed E-state index contributed by atoms with van der Waals surface area (Å²) in [7, 11) is -3.61. The van der Waals surface area contributed by atoms with Gasteiger partial charge in [0.05, 0.1) is 23.3 Å². The lowest BCUT2D eigenvalue weighted by Gasteiger charge is -2.19. The van der Waals surface area contributed by atoms with Crippen LogP contribution in [0.25, 0.3) is 11.1 Å². The molecule has 0 amide bonds. The summed E-state index contributed by atoms with van der Waals surface area (Å²) in [5, 5.41) is 6.53. The fourth-order valence-corrected chi connectivity index (χ4v) is 5.39. The van der Waals surface area contributed by atoms with Crippen molar-refractivity contribution in [1.82, 2.24) is 19.9 Å². The lowest BCUT2D eigenvalue weighted by atomic mass is 10.1. The summed E-state index contributed by atoms with van der Waals surface area (Å²) >= 11 is 12.6. The lowest BCUT2D eigenvalue weighted by molar-refractivity contribution is 0.216. The van der Waals surface area contributed by atoms with E-state index in [0.29, 0.717) is 54.6 Å². The highest BCUT2D eigenvalue weighted by molar-refractivity contribution is 7.89. The highest BCUT2D eigenvalue weighted by Gasteiger charge is 2.27. The van der Waals surface area contributed by atoms with E-state index >= 15 is 0 Å². The maximum atomic E-state index is 12.4. The largest absolute Gasteiger partial charge is 0.472 e. The molecular weight excluding hydrogens is 501 g/mol. The molecule has 2 N–H and O–H groups in total. The second-order valence-corrected chi connectivity index (χ2v) is 10.3. The van der Waals surface area contributed by atoms with Crippen molar-refractivity contribution in [2.24, 2.45) is 0 Å². The van der Waals surface area contributed by atoms with Crippen molar-refractivity contribution in [3.05, 3.63) is 63.1 Å². The van der Waals surface area contributed by atoms with E-state index in [1.165, 1.54) is 18.3 Å². The SMILES string of the molecule is CCCNS(=O)(=O)c1ccc(-c2ccnc(O[C@@H]3CCN(c4cn[nH]c(=O)c4Cl)C3)c2)c(Cl)c1. The Balaban J connectivity index is 1.49. The molecule has 1 aliphatic heterocycles. The molecule has 0 aliphatic carbocycles. The number of nitrogens with zero attached hydrogens (tertiary/aromatic N) is 3. The Morgan fingerprint density at radius 2 is 2.09 bits per heavy atom. The number of benzene rings is 1. The number of nitrogens with one attached hydrogen (secondary N) is 2. The summed E-state index contributed by atoms with van der Waals surface area (Å²) in [5.41, 5.74) is 1.54. The molecule has 1 atom stereocenters. The van der Waals surface area contributed by atoms with Gasteiger partial charge < -0.3 is 9.64 Å². The maximum Gasteiger partial charge on any atom is 0.285 e. The Morgan fingerprint density at radius 3 is 2.85 bits per heavy atom. The number of sulfonamides is 1. The third-order valence-electron chi connectivity index (χ3n) is 5.39. The van der Waals surface area contributed by atoms with Gasteiger partial charge >= 0.3 is 0 Å². The highest BCUT2D eigenvalue weighted by Crippen LogP contribution is 2.32. The fraction of sp³-hybridized carbons (Fsp3) is 0.318. The van der Waals surface area contributed by atoms with Gasteiger partial charge in [0.25, 0.3) is 5.56 Å². The van der Waals surface area contributed by atoms with Crippen LogP contribution in [-0.4, -0.2) is 49.3 Å². The van der Waals surface area contributed by atoms with E-state index in [1.54, 1.807) is 24.4 Å². The summed E-state index contributed by atoms with van der Waals surface area (Å²) in [6.07, 6.45) is 4.38. The van der Waals surface area contributed by atoms with E-state index in [-0.39, 0.29) is 16.0 Å². The number of anilines is 1. The number of pyridine rings is 1. The Morgan fingerprint density at radius 1 is 1.26 bits per heavy atom. The van der Waals surface area contributed by atoms with Crippen LogP contribution in [0.2, 0.25) is 10.0 Å². The Bertz CT molecular complexity index is 1350. The van der Waals surface area contributed by atoms with Gasteiger partial charge in [-0.05, 0) is 30.2 Å². The van der Waals surface area contributed by atoms with Crippen LogP contribution < -0.4 is 19.9 Å². The Kier molecular flexibility index (Phi) is 7.42. The van der Waals surface area contributed by atoms with Gasteiger partial charge in [-0.25, -0.2) is 23.2 Å². The summed E-state index contributed by atoms with van der Waals surface area (Å²) in [4.78, 5) is 18.1. The maximum absolute atomic E-state index is 12.4. The van der Waals surface area contributed by atoms with Crippen molar-refractivity contribution >= 4 is 38.9 Å². The molecule has 0 saturated carbocycles. The number of ether oxygens (including phenoxy) is 1. The highest BCUT2D eigenvalue weighted by atomic mass is 35.5. The third-order valence-corrected chi connectivity index (χ3v) is 7.53. The molecule has 3 heterocycles. The van der Waals surface area contributed by atoms with Crippen molar-refractivity contribution in [3.63, 3.8) is 0 Å². The first-order chi connectivity index (χ1) is 16.3. The van der Waals surface area contributed by atoms with Gasteiger partial charge in [-0.3, -0.25) is 4.79 Å². The van der Waals surface area contributed by atoms with Crippen LogP contribution in [0.15, 0.2) is 52.4 Å². The summed E-state index contributed by atoms with van der Waals surface area (Å²) in [6, 6.07) is 8.16. The third kappa shape index (κ3) is 5.35. The molecule has 4 rings (SSSR count). The van der Waals surface area contributed by atoms with E-state index < -0.39 is 15.6 Å². The first-order valence-electron chi connectivity index (χ1n) is 10.7. The molecule has 0 unspecified atom stereocenters. The predicted molar refractivity (Wildman–Crippen MR) is 131 cm³/mol. The quantitative estimate of drug-likeness (QED) is 0.463. The van der Waals surface area contributed by atoms with Gasteiger partial charge in [0.2, 0.25) is 15.9 Å². The fourth-order valence-electron chi connectivity index (χ4n) is 3.67. The molecule has 9 nitrogen and oxygen atoms in total. The number of aromatic amines is 1. The molecule has 3 aromatic rings. The minimum absolute atomic E-state index is 0.0979. The van der Waals surface area contributed by atoms with E-state index in [4.69, 9.17) is 27.9 Å². The summed E-state index contributed by atoms with van der Waals surface area (Å²) < 4.78 is 33.3. The Labute approximate surface area is 207 Å². The van der Waals surface area contributed by atoms with Crippen LogP contribution in [0.5, 0.6) is 5.88 Å². The topological polar surface area (TPSA) is 117 Å². The van der Waals surface area contributed by atoms with Crippen molar-refractivity contribution in [3.8, 4) is 17.0 Å². The summed E-state index contributed by atoms with van der Waals surface area (Å²) in [6.45, 7) is 3.42. The molecule has 180 valence electrons. The van der Waals surface area contributed by atoms with Crippen LogP contribution in [-0.2, 0) is 10.0 Å². The van der Waals surface area contributed by atoms with Crippen LogP contribution in [0, 0.1) is 0 Å². The standard InChI is InChI=1S/C22H23Cl2N5O4S/c1-2-7-27-34(31,32)16-3-4-17(18(23)11-16)14-5-8-25-20(10-14)33-15-6-9-29(13-15)19-12-26-28-22(30)21(19)24/h3-5,8,10-12,15,27H,2,6-7,9,13H2,1H3,(H,28,30)/t15-/m1/s1. The molecular formula is C22H23Cl2N5O4S. The van der Waals surface area contributed by atoms with Crippen molar-refractivity contribution < 1.29 is 13.2 Å². The molecule has 34 heavy (non-hydrogen) atoms. The molecule has 1 fully saturated rings. The van der Waals surface area contributed by atoms with Gasteiger partial charge in [-0.1, -0.05) is 36.2 Å². The number of hydrogen-bond donors (Lipinski definition) is 2. The monoisotopic (exact) mass is 523 g/mol. The number of rotatable bonds is 8. The zero-order valence-corrected chi connectivity index (χ0v) is 20.6. The van der Waals surface area contributed by atoms with Gasteiger partial charge in [0, 0.05) is 42.4 Å². The molecule has 1 aromatic carbocycles. The number of H-pyrrole nitrogens is 1. The van der Waals surface area contributed by atoms with E-state index in [1.807, 2.05) is 11.8 Å². The molecule has 1 aliphatic rings. The lowest BCUT2D eigenvalue weighted by Crippen LogP contribution is -2.26. The minimum Gasteiger partial charge on any atom is -0.472 e. The zero-order chi connectivity index (χ0) is 24.3. The Hall–Kier alpha value is -2.66. The molecule has 1 saturated heterocycles. The number of aromatic nitrogens is 3. The first kappa shape index (κ1) is 24.5. The van der Waals surface area contributed by atoms with Gasteiger partial charge in [-0.2, -0.15) is 5.10 Å². The molecule has 0 bridgehead atoms. The van der Waals surface area contributed by atoms with E-state index in [0.717, 1.165) is 5.56 Å². The van der Waals surface area contributed by atoms with Crippen LogP contribution in [0.1, 0.15) is 19.8 Å².